The van der Waals surface area contributed by atoms with Gasteiger partial charge in [-0.15, -0.1) is 0 Å². The molecule has 6 rings (SSSR count). The Bertz CT molecular complexity index is 1860. The van der Waals surface area contributed by atoms with Crippen LogP contribution in [0.25, 0.3) is 0 Å². The Kier molecular flexibility index (Phi) is 29.9. The lowest BCUT2D eigenvalue weighted by molar-refractivity contribution is -0.349. The van der Waals surface area contributed by atoms with Crippen molar-refractivity contribution in [1.29, 1.82) is 0 Å². The Balaban J connectivity index is 1.15. The third kappa shape index (κ3) is 18.7. The zero-order valence-corrected chi connectivity index (χ0v) is 48.2. The summed E-state index contributed by atoms with van der Waals surface area (Å²) in [5.41, 5.74) is 0. The first-order valence-electron chi connectivity index (χ1n) is 29.1. The second-order valence-electron chi connectivity index (χ2n) is 21.8. The van der Waals surface area contributed by atoms with E-state index in [1.807, 2.05) is 6.92 Å². The molecule has 6 fully saturated rings. The summed E-state index contributed by atoms with van der Waals surface area (Å²) in [7, 11) is 0. The van der Waals surface area contributed by atoms with E-state index < -0.39 is 236 Å². The van der Waals surface area contributed by atoms with E-state index in [0.29, 0.717) is 25.9 Å². The molecule has 0 saturated carbocycles. The molecule has 33 nitrogen and oxygen atoms in total. The van der Waals surface area contributed by atoms with Crippen LogP contribution >= 0.6 is 0 Å². The topological polar surface area (TPSA) is 492 Å². The predicted octanol–water partition coefficient (Wildman–Crippen LogP) is -8.60. The van der Waals surface area contributed by atoms with E-state index in [9.17, 15) is 86.8 Å². The minimum atomic E-state index is -1.95. The van der Waals surface area contributed by atoms with E-state index in [2.05, 4.69) is 0 Å². The number of rotatable bonds is 32. The summed E-state index contributed by atoms with van der Waals surface area (Å²) < 4.78 is 92.1. The number of aliphatic hydroxyl groups excluding tert-OH is 17. The van der Waals surface area contributed by atoms with Crippen molar-refractivity contribution in [3.63, 3.8) is 0 Å². The second-order valence-corrected chi connectivity index (χ2v) is 21.8. The van der Waals surface area contributed by atoms with Crippen LogP contribution in [0.2, 0.25) is 0 Å². The van der Waals surface area contributed by atoms with Gasteiger partial charge in [0.2, 0.25) is 0 Å². The van der Waals surface area contributed by atoms with Crippen LogP contribution in [-0.4, -0.2) is 356 Å². The summed E-state index contributed by atoms with van der Waals surface area (Å²) in [6.07, 6.45) is -49.1. The Morgan fingerprint density at radius 3 is 0.941 bits per heavy atom. The highest BCUT2D eigenvalue weighted by Crippen LogP contribution is 2.34. The lowest BCUT2D eigenvalue weighted by Crippen LogP contribution is -2.63. The van der Waals surface area contributed by atoms with Crippen LogP contribution in [0.4, 0.5) is 0 Å². The zero-order valence-electron chi connectivity index (χ0n) is 48.2. The first-order valence-corrected chi connectivity index (χ1v) is 29.1. The van der Waals surface area contributed by atoms with E-state index in [1.54, 1.807) is 27.7 Å². The van der Waals surface area contributed by atoms with Crippen LogP contribution in [0.15, 0.2) is 0 Å². The molecule has 0 bridgehead atoms. The first-order chi connectivity index (χ1) is 40.5. The van der Waals surface area contributed by atoms with Gasteiger partial charge in [-0.25, -0.2) is 0 Å². The van der Waals surface area contributed by atoms with Crippen LogP contribution in [0.5, 0.6) is 0 Å². The molecule has 500 valence electrons. The van der Waals surface area contributed by atoms with Gasteiger partial charge in [0.05, 0.1) is 65.1 Å². The standard InChI is InChI=1S/C52H94O33/c1-6-11-23-29(55)34(60)42(68)49(80-23)76-17-27-32(58)37(63)45(51(84-27)78-19-25-30(56)35(61)40(66)47(82-25)71-9-4)74-15-22(54)16-75-46-38(64)33(59)28(85-52(46)79-20-26-31(57)36(62)41(67)48(83-26)72-10-5)18-77-50-43(69)39(65)44(24(81-50)12-7-2)73-14-21(53)13-70-8-3/h21-69H,6-20H2,1-5H3. The molecule has 0 spiro atoms. The fraction of sp³-hybridized carbons (Fsp3) is 1.00. The molecule has 0 aliphatic carbocycles. The van der Waals surface area contributed by atoms with Crippen molar-refractivity contribution >= 4 is 0 Å². The van der Waals surface area contributed by atoms with E-state index in [4.69, 9.17) is 75.8 Å². The van der Waals surface area contributed by atoms with Crippen LogP contribution in [0.3, 0.4) is 0 Å². The predicted molar refractivity (Wildman–Crippen MR) is 277 cm³/mol. The summed E-state index contributed by atoms with van der Waals surface area (Å²) in [5.74, 6) is 0. The van der Waals surface area contributed by atoms with Gasteiger partial charge in [-0.3, -0.25) is 0 Å². The van der Waals surface area contributed by atoms with Crippen molar-refractivity contribution in [1.82, 2.24) is 0 Å². The third-order valence-corrected chi connectivity index (χ3v) is 15.4. The maximum Gasteiger partial charge on any atom is 0.187 e. The largest absolute Gasteiger partial charge is 0.388 e. The van der Waals surface area contributed by atoms with Gasteiger partial charge in [0, 0.05) is 19.8 Å². The summed E-state index contributed by atoms with van der Waals surface area (Å²) in [5, 5.41) is 186. The quantitative estimate of drug-likeness (QED) is 0.0297. The summed E-state index contributed by atoms with van der Waals surface area (Å²) >= 11 is 0. The molecule has 0 radical (unpaired) electrons. The molecule has 6 heterocycles. The summed E-state index contributed by atoms with van der Waals surface area (Å²) in [6, 6.07) is 0. The minimum absolute atomic E-state index is 0.0294. The van der Waals surface area contributed by atoms with Crippen molar-refractivity contribution < 1.29 is 163 Å². The van der Waals surface area contributed by atoms with Crippen molar-refractivity contribution in [2.45, 2.75) is 257 Å². The maximum atomic E-state index is 11.7. The van der Waals surface area contributed by atoms with E-state index in [1.165, 1.54) is 0 Å². The molecular weight excluding hydrogens is 1150 g/mol. The number of hydrogen-bond acceptors (Lipinski definition) is 33. The monoisotopic (exact) mass is 1250 g/mol. The molecule has 6 aliphatic heterocycles. The molecule has 32 atom stereocenters. The van der Waals surface area contributed by atoms with Gasteiger partial charge in [-0.05, 0) is 33.6 Å². The minimum Gasteiger partial charge on any atom is -0.388 e. The molecule has 0 aromatic heterocycles. The number of hydrogen-bond donors (Lipinski definition) is 17. The highest BCUT2D eigenvalue weighted by Gasteiger charge is 2.53. The molecule has 0 aromatic carbocycles. The molecule has 6 saturated heterocycles. The zero-order chi connectivity index (χ0) is 62.4. The van der Waals surface area contributed by atoms with Crippen molar-refractivity contribution in [3.05, 3.63) is 0 Å². The summed E-state index contributed by atoms with van der Waals surface area (Å²) in [6.45, 7) is 4.53. The van der Waals surface area contributed by atoms with Crippen LogP contribution in [-0.2, 0) is 75.8 Å². The first kappa shape index (κ1) is 72.7. The van der Waals surface area contributed by atoms with Crippen molar-refractivity contribution in [2.24, 2.45) is 0 Å². The normalized spacial score (nSPS) is 45.4. The van der Waals surface area contributed by atoms with Crippen LogP contribution in [0, 0.1) is 0 Å². The Labute approximate surface area is 491 Å². The average Bonchev–Trinajstić information content (AvgIpc) is 3.49. The average molecular weight is 1250 g/mol. The van der Waals surface area contributed by atoms with Crippen LogP contribution < -0.4 is 0 Å². The smallest absolute Gasteiger partial charge is 0.187 e. The van der Waals surface area contributed by atoms with Gasteiger partial charge >= 0.3 is 0 Å². The molecular formula is C52H94O33. The molecule has 85 heavy (non-hydrogen) atoms. The van der Waals surface area contributed by atoms with E-state index in [-0.39, 0.29) is 32.8 Å². The van der Waals surface area contributed by atoms with E-state index in [0.717, 1.165) is 0 Å². The van der Waals surface area contributed by atoms with E-state index >= 15 is 0 Å². The highest BCUT2D eigenvalue weighted by molar-refractivity contribution is 4.97. The van der Waals surface area contributed by atoms with Gasteiger partial charge in [0.15, 0.2) is 37.7 Å². The lowest BCUT2D eigenvalue weighted by atomic mass is 9.95. The molecule has 6 aliphatic rings. The number of ether oxygens (including phenoxy) is 16. The highest BCUT2D eigenvalue weighted by atomic mass is 16.8. The molecule has 32 unspecified atom stereocenters. The molecule has 0 aromatic rings. The molecule has 33 heteroatoms. The SMILES string of the molecule is CCCC1OC(OCC2OC(OCC3OC(OCC)C(O)C(O)C3O)C(OCC(O)COC3C(OCC4OC(OCC)C(O)C(O)C4O)OC(COC4OC(CCC)C(OCC(O)COCC)C(O)C4O)C(O)C3O)C(O)C2O)C(O)C(O)C1O. The molecule has 0 amide bonds. The Morgan fingerprint density at radius 1 is 0.271 bits per heavy atom. The van der Waals surface area contributed by atoms with Gasteiger partial charge < -0.3 is 163 Å². The fourth-order valence-corrected chi connectivity index (χ4v) is 10.5. The van der Waals surface area contributed by atoms with Crippen molar-refractivity contribution in [2.75, 3.05) is 72.7 Å². The van der Waals surface area contributed by atoms with Gasteiger partial charge in [0.1, 0.15) is 146 Å². The van der Waals surface area contributed by atoms with Gasteiger partial charge in [-0.1, -0.05) is 26.7 Å². The summed E-state index contributed by atoms with van der Waals surface area (Å²) in [4.78, 5) is 0. The third-order valence-electron chi connectivity index (χ3n) is 15.4. The lowest BCUT2D eigenvalue weighted by Gasteiger charge is -2.45. The van der Waals surface area contributed by atoms with Crippen molar-refractivity contribution in [3.8, 4) is 0 Å². The maximum absolute atomic E-state index is 11.7. The van der Waals surface area contributed by atoms with Gasteiger partial charge in [-0.2, -0.15) is 0 Å². The Hall–Kier alpha value is -1.32. The van der Waals surface area contributed by atoms with Gasteiger partial charge in [0.25, 0.3) is 0 Å². The Morgan fingerprint density at radius 2 is 0.553 bits per heavy atom. The molecule has 17 N–H and O–H groups in total. The second kappa shape index (κ2) is 34.9. The fourth-order valence-electron chi connectivity index (χ4n) is 10.5. The van der Waals surface area contributed by atoms with Crippen LogP contribution in [0.1, 0.15) is 60.3 Å². The number of aliphatic hydroxyl groups is 17.